The molecule has 174 valence electrons. The van der Waals surface area contributed by atoms with Crippen LogP contribution >= 0.6 is 11.6 Å². The van der Waals surface area contributed by atoms with E-state index in [4.69, 9.17) is 21.6 Å². The van der Waals surface area contributed by atoms with Crippen molar-refractivity contribution < 1.29 is 9.53 Å². The predicted molar refractivity (Wildman–Crippen MR) is 136 cm³/mol. The molecule has 0 aliphatic heterocycles. The molecular formula is C28H22ClN3O3. The molecule has 3 aromatic carbocycles. The van der Waals surface area contributed by atoms with Crippen LogP contribution in [0.3, 0.4) is 0 Å². The molecule has 0 spiro atoms. The minimum absolute atomic E-state index is 0.221. The van der Waals surface area contributed by atoms with E-state index in [-0.39, 0.29) is 18.0 Å². The van der Waals surface area contributed by atoms with E-state index in [0.717, 1.165) is 16.7 Å². The van der Waals surface area contributed by atoms with Crippen LogP contribution < -0.4 is 15.6 Å². The first-order chi connectivity index (χ1) is 17.0. The summed E-state index contributed by atoms with van der Waals surface area (Å²) in [6, 6.07) is 27.0. The van der Waals surface area contributed by atoms with Crippen molar-refractivity contribution in [3.8, 4) is 11.8 Å². The van der Waals surface area contributed by atoms with Crippen LogP contribution in [0.2, 0.25) is 5.02 Å². The van der Waals surface area contributed by atoms with Gasteiger partial charge in [-0.2, -0.15) is 5.26 Å². The maximum absolute atomic E-state index is 12.9. The van der Waals surface area contributed by atoms with E-state index in [1.807, 2.05) is 60.7 Å². The minimum atomic E-state index is -0.330. The summed E-state index contributed by atoms with van der Waals surface area (Å²) in [5, 5.41) is 12.2. The molecule has 4 rings (SSSR count). The number of nitrogens with zero attached hydrogens (tertiary/aromatic N) is 2. The summed E-state index contributed by atoms with van der Waals surface area (Å²) in [6.45, 7) is 0.591. The van der Waals surface area contributed by atoms with Crippen molar-refractivity contribution in [2.75, 3.05) is 5.32 Å². The summed E-state index contributed by atoms with van der Waals surface area (Å²) < 4.78 is 7.28. The van der Waals surface area contributed by atoms with Crippen molar-refractivity contribution in [3.63, 3.8) is 0 Å². The molecule has 6 nitrogen and oxygen atoms in total. The van der Waals surface area contributed by atoms with Crippen LogP contribution in [0, 0.1) is 11.3 Å². The summed E-state index contributed by atoms with van der Waals surface area (Å²) in [7, 11) is 0. The van der Waals surface area contributed by atoms with Crippen LogP contribution in [0.15, 0.2) is 95.9 Å². The molecule has 1 amide bonds. The molecule has 35 heavy (non-hydrogen) atoms. The summed E-state index contributed by atoms with van der Waals surface area (Å²) in [4.78, 5) is 25.2. The average molecular weight is 484 g/mol. The number of carbonyl (C=O) groups excluding carboxylic acids is 1. The lowest BCUT2D eigenvalue weighted by Gasteiger charge is -2.11. The Morgan fingerprint density at radius 2 is 1.77 bits per heavy atom. The standard InChI is InChI=1S/C28H22ClN3O3/c29-26-7-2-1-5-22(26)17-32-18-23(10-13-27(32)33)28(34)31-24-6-3-4-21(16-24)19-35-25-11-8-20(9-12-25)14-15-30/h1-13,16,18H,14,17,19H2,(H,31,34). The normalized spacial score (nSPS) is 10.4. The van der Waals surface area contributed by atoms with Crippen molar-refractivity contribution in [2.45, 2.75) is 19.6 Å². The zero-order valence-electron chi connectivity index (χ0n) is 18.8. The number of hydrogen-bond donors (Lipinski definition) is 1. The smallest absolute Gasteiger partial charge is 0.257 e. The fourth-order valence-electron chi connectivity index (χ4n) is 3.50. The van der Waals surface area contributed by atoms with Gasteiger partial charge in [-0.3, -0.25) is 9.59 Å². The van der Waals surface area contributed by atoms with E-state index in [1.165, 1.54) is 22.9 Å². The van der Waals surface area contributed by atoms with Crippen molar-refractivity contribution >= 4 is 23.2 Å². The van der Waals surface area contributed by atoms with Gasteiger partial charge < -0.3 is 14.6 Å². The molecule has 1 N–H and O–H groups in total. The van der Waals surface area contributed by atoms with Gasteiger partial charge >= 0.3 is 0 Å². The molecule has 0 saturated carbocycles. The lowest BCUT2D eigenvalue weighted by atomic mass is 10.1. The molecule has 1 heterocycles. The first kappa shape index (κ1) is 23.8. The van der Waals surface area contributed by atoms with Gasteiger partial charge in [0.25, 0.3) is 11.5 Å². The van der Waals surface area contributed by atoms with Gasteiger partial charge in [-0.25, -0.2) is 0 Å². The highest BCUT2D eigenvalue weighted by Crippen LogP contribution is 2.18. The number of pyridine rings is 1. The molecule has 7 heteroatoms. The second kappa shape index (κ2) is 11.2. The van der Waals surface area contributed by atoms with Gasteiger partial charge in [-0.15, -0.1) is 0 Å². The van der Waals surface area contributed by atoms with Gasteiger partial charge in [-0.05, 0) is 53.1 Å². The van der Waals surface area contributed by atoms with Crippen LogP contribution in [-0.2, 0) is 19.6 Å². The number of nitriles is 1. The Kier molecular flexibility index (Phi) is 7.61. The topological polar surface area (TPSA) is 84.1 Å². The predicted octanol–water partition coefficient (Wildman–Crippen LogP) is 5.45. The Labute approximate surface area is 208 Å². The van der Waals surface area contributed by atoms with Crippen molar-refractivity contribution in [2.24, 2.45) is 0 Å². The number of aromatic nitrogens is 1. The first-order valence-corrected chi connectivity index (χ1v) is 11.3. The van der Waals surface area contributed by atoms with E-state index < -0.39 is 0 Å². The van der Waals surface area contributed by atoms with Crippen LogP contribution in [0.4, 0.5) is 5.69 Å². The monoisotopic (exact) mass is 483 g/mol. The fourth-order valence-corrected chi connectivity index (χ4v) is 3.70. The number of amides is 1. The second-order valence-electron chi connectivity index (χ2n) is 7.90. The van der Waals surface area contributed by atoms with E-state index in [2.05, 4.69) is 11.4 Å². The molecule has 0 aliphatic rings. The summed E-state index contributed by atoms with van der Waals surface area (Å²) in [5.41, 5.74) is 3.36. The first-order valence-electron chi connectivity index (χ1n) is 10.9. The Balaban J connectivity index is 1.42. The number of hydrogen-bond acceptors (Lipinski definition) is 4. The molecule has 0 bridgehead atoms. The van der Waals surface area contributed by atoms with Crippen LogP contribution in [0.1, 0.15) is 27.0 Å². The van der Waals surface area contributed by atoms with Gasteiger partial charge in [-0.1, -0.05) is 54.1 Å². The Bertz CT molecular complexity index is 1440. The summed E-state index contributed by atoms with van der Waals surface area (Å²) >= 11 is 6.22. The molecule has 0 fully saturated rings. The highest BCUT2D eigenvalue weighted by molar-refractivity contribution is 6.31. The zero-order chi connectivity index (χ0) is 24.6. The lowest BCUT2D eigenvalue weighted by Crippen LogP contribution is -2.22. The molecule has 0 radical (unpaired) electrons. The fraction of sp³-hybridized carbons (Fsp3) is 0.107. The van der Waals surface area contributed by atoms with Gasteiger partial charge in [0.15, 0.2) is 0 Å². The van der Waals surface area contributed by atoms with E-state index in [9.17, 15) is 9.59 Å². The third-order valence-electron chi connectivity index (χ3n) is 5.34. The van der Waals surface area contributed by atoms with Crippen molar-refractivity contribution in [1.29, 1.82) is 5.26 Å². The molecule has 0 aliphatic carbocycles. The van der Waals surface area contributed by atoms with E-state index >= 15 is 0 Å². The Morgan fingerprint density at radius 3 is 2.54 bits per heavy atom. The number of rotatable bonds is 8. The molecule has 0 unspecified atom stereocenters. The average Bonchev–Trinajstić information content (AvgIpc) is 2.86. The number of nitrogens with one attached hydrogen (secondary N) is 1. The largest absolute Gasteiger partial charge is 0.489 e. The molecular weight excluding hydrogens is 462 g/mol. The highest BCUT2D eigenvalue weighted by Gasteiger charge is 2.10. The number of anilines is 1. The molecule has 0 atom stereocenters. The number of halogens is 1. The summed E-state index contributed by atoms with van der Waals surface area (Å²) in [5.74, 6) is 0.367. The number of carbonyl (C=O) groups is 1. The van der Waals surface area contributed by atoms with Gasteiger partial charge in [0.05, 0.1) is 24.6 Å². The van der Waals surface area contributed by atoms with Gasteiger partial charge in [0.2, 0.25) is 0 Å². The number of benzene rings is 3. The SMILES string of the molecule is N#CCc1ccc(OCc2cccc(NC(=O)c3ccc(=O)n(Cc4ccccc4Cl)c3)c2)cc1. The molecule has 1 aromatic heterocycles. The quantitative estimate of drug-likeness (QED) is 0.361. The van der Waals surface area contributed by atoms with Crippen LogP contribution in [0.25, 0.3) is 0 Å². The van der Waals surface area contributed by atoms with Crippen LogP contribution in [0.5, 0.6) is 5.75 Å². The maximum atomic E-state index is 12.9. The van der Waals surface area contributed by atoms with Crippen molar-refractivity contribution in [1.82, 2.24) is 4.57 Å². The summed E-state index contributed by atoms with van der Waals surface area (Å²) in [6.07, 6.45) is 1.89. The zero-order valence-corrected chi connectivity index (χ0v) is 19.5. The highest BCUT2D eigenvalue weighted by atomic mass is 35.5. The number of ether oxygens (including phenoxy) is 1. The van der Waals surface area contributed by atoms with E-state index in [0.29, 0.717) is 35.1 Å². The lowest BCUT2D eigenvalue weighted by molar-refractivity contribution is 0.102. The van der Waals surface area contributed by atoms with Crippen LogP contribution in [-0.4, -0.2) is 10.5 Å². The maximum Gasteiger partial charge on any atom is 0.257 e. The molecule has 4 aromatic rings. The third kappa shape index (κ3) is 6.38. The molecule has 0 saturated heterocycles. The van der Waals surface area contributed by atoms with Gasteiger partial charge in [0.1, 0.15) is 12.4 Å². The minimum Gasteiger partial charge on any atom is -0.489 e. The second-order valence-corrected chi connectivity index (χ2v) is 8.30. The van der Waals surface area contributed by atoms with E-state index in [1.54, 1.807) is 12.1 Å². The van der Waals surface area contributed by atoms with Crippen molar-refractivity contribution in [3.05, 3.63) is 129 Å². The third-order valence-corrected chi connectivity index (χ3v) is 5.71. The Hall–Kier alpha value is -4.34. The Morgan fingerprint density at radius 1 is 0.971 bits per heavy atom. The van der Waals surface area contributed by atoms with Gasteiger partial charge in [0, 0.05) is 23.0 Å².